The first-order valence-electron chi connectivity index (χ1n) is 7.70. The van der Waals surface area contributed by atoms with E-state index in [1.54, 1.807) is 4.57 Å². The molecule has 0 saturated carbocycles. The summed E-state index contributed by atoms with van der Waals surface area (Å²) in [5.41, 5.74) is 2.12. The summed E-state index contributed by atoms with van der Waals surface area (Å²) in [6.45, 7) is 9.24. The first-order chi connectivity index (χ1) is 10.8. The van der Waals surface area contributed by atoms with Gasteiger partial charge in [0, 0.05) is 0 Å². The van der Waals surface area contributed by atoms with E-state index in [9.17, 15) is 4.79 Å². The van der Waals surface area contributed by atoms with Crippen LogP contribution in [-0.4, -0.2) is 18.5 Å². The number of aryl methyl sites for hydroxylation is 1. The number of hydrogen-bond donors (Lipinski definition) is 0. The summed E-state index contributed by atoms with van der Waals surface area (Å²) in [5.74, 6) is 0. The molecule has 0 fully saturated rings. The predicted octanol–water partition coefficient (Wildman–Crippen LogP) is 1.64. The van der Waals surface area contributed by atoms with E-state index in [1.165, 1.54) is 5.56 Å². The zero-order valence-corrected chi connectivity index (χ0v) is 16.5. The number of hydrogen-bond acceptors (Lipinski definition) is 3. The minimum atomic E-state index is -1.76. The SMILES string of the molecule is Cc1cccnc1I1CC=c2c(n(C)c(=O)n2CC(C)(C)C)=N1. The summed E-state index contributed by atoms with van der Waals surface area (Å²) >= 11 is -1.76. The maximum atomic E-state index is 12.6. The Morgan fingerprint density at radius 2 is 2.09 bits per heavy atom. The quantitative estimate of drug-likeness (QED) is 0.417. The molecule has 0 aromatic carbocycles. The van der Waals surface area contributed by atoms with Crippen molar-refractivity contribution in [2.75, 3.05) is 4.43 Å². The molecule has 0 amide bonds. The summed E-state index contributed by atoms with van der Waals surface area (Å²) in [6.07, 6.45) is 4.04. The number of fused-ring (bicyclic) bond motifs is 1. The van der Waals surface area contributed by atoms with Crippen molar-refractivity contribution in [1.82, 2.24) is 14.1 Å². The van der Waals surface area contributed by atoms with Crippen molar-refractivity contribution in [3.8, 4) is 0 Å². The Labute approximate surface area is 143 Å². The molecule has 0 atom stereocenters. The molecule has 2 aromatic heterocycles. The second kappa shape index (κ2) is 5.89. The van der Waals surface area contributed by atoms with Gasteiger partial charge in [-0.25, -0.2) is 0 Å². The first-order valence-corrected chi connectivity index (χ1v) is 11.3. The molecule has 0 bridgehead atoms. The minimum absolute atomic E-state index is 0.0281. The molecular weight excluding hydrogens is 403 g/mol. The molecule has 0 N–H and O–H groups in total. The first kappa shape index (κ1) is 16.4. The molecule has 0 radical (unpaired) electrons. The van der Waals surface area contributed by atoms with Gasteiger partial charge >= 0.3 is 144 Å². The number of rotatable bonds is 2. The fourth-order valence-electron chi connectivity index (χ4n) is 2.68. The molecule has 6 heteroatoms. The second-order valence-electron chi connectivity index (χ2n) is 7.09. The number of halogens is 1. The summed E-state index contributed by atoms with van der Waals surface area (Å²) < 4.78 is 10.6. The fraction of sp³-hybridized carbons (Fsp3) is 0.471. The van der Waals surface area contributed by atoms with Gasteiger partial charge in [-0.1, -0.05) is 0 Å². The van der Waals surface area contributed by atoms with E-state index in [2.05, 4.69) is 44.8 Å². The van der Waals surface area contributed by atoms with Crippen molar-refractivity contribution in [2.45, 2.75) is 34.2 Å². The van der Waals surface area contributed by atoms with Gasteiger partial charge in [-0.15, -0.1) is 0 Å². The Balaban J connectivity index is 2.14. The molecule has 0 spiro atoms. The van der Waals surface area contributed by atoms with Gasteiger partial charge in [-0.05, 0) is 0 Å². The normalized spacial score (nSPS) is 15.8. The van der Waals surface area contributed by atoms with E-state index in [0.717, 1.165) is 19.0 Å². The Hall–Kier alpha value is -1.44. The molecule has 23 heavy (non-hydrogen) atoms. The van der Waals surface area contributed by atoms with Crippen molar-refractivity contribution < 1.29 is 0 Å². The number of pyridine rings is 1. The zero-order valence-electron chi connectivity index (χ0n) is 14.3. The molecule has 0 aliphatic carbocycles. The fourth-order valence-corrected chi connectivity index (χ4v) is 7.12. The average molecular weight is 426 g/mol. The topological polar surface area (TPSA) is 52.2 Å². The monoisotopic (exact) mass is 426 g/mol. The van der Waals surface area contributed by atoms with Crippen LogP contribution >= 0.6 is 20.1 Å². The van der Waals surface area contributed by atoms with E-state index < -0.39 is 20.1 Å². The number of aromatic nitrogens is 3. The van der Waals surface area contributed by atoms with Crippen molar-refractivity contribution in [3.63, 3.8) is 0 Å². The van der Waals surface area contributed by atoms with Crippen molar-refractivity contribution in [3.05, 3.63) is 48.9 Å². The third-order valence-corrected chi connectivity index (χ3v) is 8.36. The number of alkyl halides is 1. The Morgan fingerprint density at radius 1 is 1.35 bits per heavy atom. The van der Waals surface area contributed by atoms with E-state index in [1.807, 2.05) is 23.9 Å². The zero-order chi connectivity index (χ0) is 16.8. The maximum absolute atomic E-state index is 12.6. The van der Waals surface area contributed by atoms with Gasteiger partial charge in [0.25, 0.3) is 0 Å². The molecule has 1 aliphatic heterocycles. The van der Waals surface area contributed by atoms with Crippen LogP contribution in [0.5, 0.6) is 0 Å². The Bertz CT molecular complexity index is 918. The molecule has 5 nitrogen and oxygen atoms in total. The number of nitrogens with zero attached hydrogens (tertiary/aromatic N) is 4. The van der Waals surface area contributed by atoms with E-state index >= 15 is 0 Å². The Morgan fingerprint density at radius 3 is 2.74 bits per heavy atom. The summed E-state index contributed by atoms with van der Waals surface area (Å²) in [4.78, 5) is 17.1. The molecular formula is C17H23IN4O. The molecule has 3 rings (SSSR count). The van der Waals surface area contributed by atoms with Gasteiger partial charge in [0.05, 0.1) is 0 Å². The van der Waals surface area contributed by atoms with Gasteiger partial charge in [-0.2, -0.15) is 0 Å². The van der Waals surface area contributed by atoms with Crippen LogP contribution in [0.25, 0.3) is 6.08 Å². The van der Waals surface area contributed by atoms with Crippen LogP contribution in [0.1, 0.15) is 26.3 Å². The molecule has 2 aromatic rings. The molecule has 0 saturated heterocycles. The van der Waals surface area contributed by atoms with Gasteiger partial charge < -0.3 is 0 Å². The van der Waals surface area contributed by atoms with Crippen molar-refractivity contribution in [2.24, 2.45) is 15.7 Å². The van der Waals surface area contributed by atoms with Gasteiger partial charge in [0.15, 0.2) is 0 Å². The Kier molecular flexibility index (Phi) is 4.20. The van der Waals surface area contributed by atoms with Crippen molar-refractivity contribution >= 4 is 26.2 Å². The predicted molar refractivity (Wildman–Crippen MR) is 101 cm³/mol. The van der Waals surface area contributed by atoms with Crippen LogP contribution in [-0.2, 0) is 13.6 Å². The molecule has 3 heterocycles. The van der Waals surface area contributed by atoms with E-state index in [-0.39, 0.29) is 11.1 Å². The van der Waals surface area contributed by atoms with Gasteiger partial charge in [0.2, 0.25) is 0 Å². The molecule has 124 valence electrons. The third kappa shape index (κ3) is 3.13. The van der Waals surface area contributed by atoms with Crippen LogP contribution in [0.2, 0.25) is 0 Å². The molecule has 0 unspecified atom stereocenters. The van der Waals surface area contributed by atoms with E-state index in [4.69, 9.17) is 3.21 Å². The van der Waals surface area contributed by atoms with Crippen LogP contribution < -0.4 is 16.5 Å². The summed E-state index contributed by atoms with van der Waals surface area (Å²) in [5, 5.41) is 0.981. The molecule has 1 aliphatic rings. The van der Waals surface area contributed by atoms with E-state index in [0.29, 0.717) is 6.54 Å². The summed E-state index contributed by atoms with van der Waals surface area (Å²) in [6, 6.07) is 4.05. The van der Waals surface area contributed by atoms with Crippen LogP contribution in [0.4, 0.5) is 0 Å². The third-order valence-electron chi connectivity index (χ3n) is 3.74. The van der Waals surface area contributed by atoms with Crippen LogP contribution in [0, 0.1) is 16.0 Å². The van der Waals surface area contributed by atoms with Gasteiger partial charge in [-0.3, -0.25) is 0 Å². The second-order valence-corrected chi connectivity index (χ2v) is 11.4. The number of imidazole rings is 1. The van der Waals surface area contributed by atoms with Crippen LogP contribution in [0.3, 0.4) is 0 Å². The summed E-state index contributed by atoms with van der Waals surface area (Å²) in [7, 11) is 1.82. The average Bonchev–Trinajstić information content (AvgIpc) is 2.71. The van der Waals surface area contributed by atoms with Crippen molar-refractivity contribution in [1.29, 1.82) is 0 Å². The van der Waals surface area contributed by atoms with Crippen LogP contribution in [0.15, 0.2) is 26.3 Å². The standard InChI is InChI=1S/C17H23IN4O/c1-12-7-6-10-19-14(12)18-9-8-13-15(20-18)21(5)16(23)22(13)11-17(2,3)4/h6-8,10H,9,11H2,1-5H3. The van der Waals surface area contributed by atoms with Gasteiger partial charge in [0.1, 0.15) is 0 Å².